The molecule has 1 aromatic heterocycles. The van der Waals surface area contributed by atoms with Gasteiger partial charge in [-0.15, -0.1) is 0 Å². The second-order valence-corrected chi connectivity index (χ2v) is 4.92. The van der Waals surface area contributed by atoms with Gasteiger partial charge in [0, 0.05) is 17.5 Å². The first-order valence-electron chi connectivity index (χ1n) is 5.71. The van der Waals surface area contributed by atoms with Crippen LogP contribution in [-0.4, -0.2) is 22.7 Å². The van der Waals surface area contributed by atoms with Crippen molar-refractivity contribution in [3.63, 3.8) is 0 Å². The molecule has 2 unspecified atom stereocenters. The zero-order valence-corrected chi connectivity index (χ0v) is 10.3. The molecular weight excluding hydrogens is 238 g/mol. The van der Waals surface area contributed by atoms with Gasteiger partial charge in [0.05, 0.1) is 17.3 Å². The number of nitrogens with two attached hydrogens (primary N) is 1. The van der Waals surface area contributed by atoms with E-state index in [1.54, 1.807) is 6.07 Å². The van der Waals surface area contributed by atoms with Gasteiger partial charge >= 0.3 is 0 Å². The molecule has 4 nitrogen and oxygen atoms in total. The fourth-order valence-electron chi connectivity index (χ4n) is 2.39. The van der Waals surface area contributed by atoms with Crippen molar-refractivity contribution in [2.45, 2.75) is 25.4 Å². The molecule has 3 rings (SSSR count). The maximum Gasteiger partial charge on any atom is 0.113 e. The van der Waals surface area contributed by atoms with Crippen LogP contribution in [0.1, 0.15) is 25.1 Å². The van der Waals surface area contributed by atoms with Crippen molar-refractivity contribution in [1.29, 1.82) is 0 Å². The van der Waals surface area contributed by atoms with Crippen LogP contribution in [0.4, 0.5) is 5.69 Å². The lowest BCUT2D eigenvalue weighted by Crippen LogP contribution is -2.10. The zero-order chi connectivity index (χ0) is 12.0. The maximum absolute atomic E-state index is 5.97. The summed E-state index contributed by atoms with van der Waals surface area (Å²) in [5.41, 5.74) is 8.21. The van der Waals surface area contributed by atoms with E-state index in [9.17, 15) is 0 Å². The summed E-state index contributed by atoms with van der Waals surface area (Å²) in [6.07, 6.45) is 1.20. The molecule has 90 valence electrons. The van der Waals surface area contributed by atoms with Crippen LogP contribution in [0.5, 0.6) is 0 Å². The van der Waals surface area contributed by atoms with E-state index in [1.165, 1.54) is 0 Å². The molecule has 2 aromatic rings. The molecule has 0 saturated carbocycles. The highest BCUT2D eigenvalue weighted by molar-refractivity contribution is 6.31. The standard InChI is InChI=1S/C12H14ClN3O/c1-6-8(2-3-17-6)12-15-10-5-7(13)4-9(14)11(10)16-12/h4-6,8H,2-3,14H2,1H3,(H,15,16). The Morgan fingerprint density at radius 3 is 3.06 bits per heavy atom. The van der Waals surface area contributed by atoms with Gasteiger partial charge in [-0.3, -0.25) is 0 Å². The second-order valence-electron chi connectivity index (χ2n) is 4.48. The fraction of sp³-hybridized carbons (Fsp3) is 0.417. The normalized spacial score (nSPS) is 24.6. The van der Waals surface area contributed by atoms with Crippen LogP contribution in [0.2, 0.25) is 5.02 Å². The molecule has 0 radical (unpaired) electrons. The van der Waals surface area contributed by atoms with Gasteiger partial charge in [0.1, 0.15) is 11.3 Å². The lowest BCUT2D eigenvalue weighted by atomic mass is 10.0. The van der Waals surface area contributed by atoms with E-state index < -0.39 is 0 Å². The van der Waals surface area contributed by atoms with Gasteiger partial charge in [0.25, 0.3) is 0 Å². The number of aromatic nitrogens is 2. The minimum absolute atomic E-state index is 0.201. The quantitative estimate of drug-likeness (QED) is 0.766. The number of fused-ring (bicyclic) bond motifs is 1. The summed E-state index contributed by atoms with van der Waals surface area (Å²) in [5, 5.41) is 0.626. The lowest BCUT2D eigenvalue weighted by Gasteiger charge is -2.09. The molecule has 1 aliphatic heterocycles. The van der Waals surface area contributed by atoms with Crippen molar-refractivity contribution in [1.82, 2.24) is 9.97 Å². The first-order valence-corrected chi connectivity index (χ1v) is 6.09. The highest BCUT2D eigenvalue weighted by atomic mass is 35.5. The Bertz CT molecular complexity index is 566. The number of hydrogen-bond donors (Lipinski definition) is 2. The molecule has 1 aliphatic rings. The van der Waals surface area contributed by atoms with Crippen LogP contribution in [0, 0.1) is 0 Å². The molecule has 2 atom stereocenters. The van der Waals surface area contributed by atoms with Crippen LogP contribution in [0.15, 0.2) is 12.1 Å². The first kappa shape index (κ1) is 10.9. The second kappa shape index (κ2) is 3.89. The van der Waals surface area contributed by atoms with Crippen molar-refractivity contribution >= 4 is 28.3 Å². The van der Waals surface area contributed by atoms with Crippen LogP contribution < -0.4 is 5.73 Å². The SMILES string of the molecule is CC1OCCC1c1nc2c(N)cc(Cl)cc2[nH]1. The van der Waals surface area contributed by atoms with Gasteiger partial charge < -0.3 is 15.5 Å². The van der Waals surface area contributed by atoms with Gasteiger partial charge in [-0.05, 0) is 25.5 Å². The summed E-state index contributed by atoms with van der Waals surface area (Å²) < 4.78 is 5.55. The molecule has 0 amide bonds. The third-order valence-electron chi connectivity index (χ3n) is 3.33. The molecule has 3 N–H and O–H groups in total. The third kappa shape index (κ3) is 1.77. The predicted molar refractivity (Wildman–Crippen MR) is 68.3 cm³/mol. The highest BCUT2D eigenvalue weighted by Crippen LogP contribution is 2.32. The van der Waals surface area contributed by atoms with Crippen LogP contribution in [-0.2, 0) is 4.74 Å². The van der Waals surface area contributed by atoms with Gasteiger partial charge in [0.15, 0.2) is 0 Å². The molecule has 0 aliphatic carbocycles. The largest absolute Gasteiger partial charge is 0.397 e. The summed E-state index contributed by atoms with van der Waals surface area (Å²) in [4.78, 5) is 7.86. The minimum atomic E-state index is 0.201. The van der Waals surface area contributed by atoms with Crippen molar-refractivity contribution in [3.8, 4) is 0 Å². The molecule has 2 heterocycles. The Labute approximate surface area is 104 Å². The van der Waals surface area contributed by atoms with Crippen molar-refractivity contribution in [2.24, 2.45) is 0 Å². The number of nitrogens with one attached hydrogen (secondary N) is 1. The number of imidazole rings is 1. The number of halogens is 1. The van der Waals surface area contributed by atoms with E-state index in [1.807, 2.05) is 6.07 Å². The van der Waals surface area contributed by atoms with E-state index in [-0.39, 0.29) is 6.10 Å². The Morgan fingerprint density at radius 2 is 2.35 bits per heavy atom. The number of H-pyrrole nitrogens is 1. The van der Waals surface area contributed by atoms with Crippen molar-refractivity contribution in [3.05, 3.63) is 23.0 Å². The Morgan fingerprint density at radius 1 is 1.53 bits per heavy atom. The number of hydrogen-bond acceptors (Lipinski definition) is 3. The van der Waals surface area contributed by atoms with Crippen molar-refractivity contribution < 1.29 is 4.74 Å². The highest BCUT2D eigenvalue weighted by Gasteiger charge is 2.28. The van der Waals surface area contributed by atoms with E-state index >= 15 is 0 Å². The van der Waals surface area contributed by atoms with Gasteiger partial charge in [-0.25, -0.2) is 4.98 Å². The minimum Gasteiger partial charge on any atom is -0.397 e. The monoisotopic (exact) mass is 251 g/mol. The van der Waals surface area contributed by atoms with E-state index in [0.29, 0.717) is 16.6 Å². The fourth-order valence-corrected chi connectivity index (χ4v) is 2.62. The van der Waals surface area contributed by atoms with E-state index in [2.05, 4.69) is 16.9 Å². The number of anilines is 1. The number of benzene rings is 1. The van der Waals surface area contributed by atoms with Crippen LogP contribution >= 0.6 is 11.6 Å². The number of rotatable bonds is 1. The smallest absolute Gasteiger partial charge is 0.113 e. The lowest BCUT2D eigenvalue weighted by molar-refractivity contribution is 0.117. The third-order valence-corrected chi connectivity index (χ3v) is 3.54. The Balaban J connectivity index is 2.10. The Kier molecular flexibility index (Phi) is 2.49. The average Bonchev–Trinajstić information content (AvgIpc) is 2.83. The Hall–Kier alpha value is -1.26. The van der Waals surface area contributed by atoms with Crippen molar-refractivity contribution in [2.75, 3.05) is 12.3 Å². The van der Waals surface area contributed by atoms with E-state index in [4.69, 9.17) is 22.1 Å². The number of aromatic amines is 1. The molecule has 1 saturated heterocycles. The number of ether oxygens (including phenoxy) is 1. The first-order chi connectivity index (χ1) is 8.15. The van der Waals surface area contributed by atoms with Gasteiger partial charge in [-0.2, -0.15) is 0 Å². The summed E-state index contributed by atoms with van der Waals surface area (Å²) >= 11 is 5.97. The molecule has 17 heavy (non-hydrogen) atoms. The molecule has 0 spiro atoms. The molecule has 0 bridgehead atoms. The molecule has 5 heteroatoms. The molecular formula is C12H14ClN3O. The van der Waals surface area contributed by atoms with Gasteiger partial charge in [-0.1, -0.05) is 11.6 Å². The van der Waals surface area contributed by atoms with Crippen LogP contribution in [0.3, 0.4) is 0 Å². The molecule has 1 fully saturated rings. The predicted octanol–water partition coefficient (Wildman–Crippen LogP) is 2.69. The zero-order valence-electron chi connectivity index (χ0n) is 9.53. The number of nitrogens with zero attached hydrogens (tertiary/aromatic N) is 1. The van der Waals surface area contributed by atoms with Crippen LogP contribution in [0.25, 0.3) is 11.0 Å². The van der Waals surface area contributed by atoms with Gasteiger partial charge in [0.2, 0.25) is 0 Å². The number of nitrogen functional groups attached to an aromatic ring is 1. The summed E-state index contributed by atoms with van der Waals surface area (Å²) in [7, 11) is 0. The topological polar surface area (TPSA) is 63.9 Å². The molecule has 1 aromatic carbocycles. The van der Waals surface area contributed by atoms with E-state index in [0.717, 1.165) is 29.9 Å². The summed E-state index contributed by atoms with van der Waals surface area (Å²) in [6.45, 7) is 2.86. The maximum atomic E-state index is 5.97. The summed E-state index contributed by atoms with van der Waals surface area (Å²) in [6, 6.07) is 3.58. The summed E-state index contributed by atoms with van der Waals surface area (Å²) in [5.74, 6) is 1.26. The average molecular weight is 252 g/mol.